The Bertz CT molecular complexity index is 463. The third kappa shape index (κ3) is 4.48. The van der Waals surface area contributed by atoms with Crippen molar-refractivity contribution >= 4 is 17.5 Å². The quantitative estimate of drug-likeness (QED) is 0.843. The number of carbonyl (C=O) groups is 1. The molecule has 1 aliphatic carbocycles. The maximum Gasteiger partial charge on any atom is 0.233 e. The molecular formula is C14H18ClFN2O. The summed E-state index contributed by atoms with van der Waals surface area (Å²) >= 11 is 5.73. The first kappa shape index (κ1) is 14.3. The van der Waals surface area contributed by atoms with Crippen molar-refractivity contribution in [2.24, 2.45) is 5.92 Å². The summed E-state index contributed by atoms with van der Waals surface area (Å²) in [7, 11) is 0. The maximum absolute atomic E-state index is 13.0. The summed E-state index contributed by atoms with van der Waals surface area (Å²) in [5.41, 5.74) is 0.862. The molecule has 1 atom stereocenters. The standard InChI is InChI=1S/C14H18ClFN2O/c1-9(11-4-5-13(16)12(15)6-11)17-8-14(19)18-7-10-2-3-10/h4-6,9-10,17H,2-3,7-8H2,1H3,(H,18,19)/t9-/m1/s1. The Kier molecular flexibility index (Phi) is 4.77. The van der Waals surface area contributed by atoms with Crippen LogP contribution >= 0.6 is 11.6 Å². The zero-order valence-corrected chi connectivity index (χ0v) is 11.6. The van der Waals surface area contributed by atoms with Crippen molar-refractivity contribution in [3.05, 3.63) is 34.6 Å². The number of nitrogens with one attached hydrogen (secondary N) is 2. The second-order valence-corrected chi connectivity index (χ2v) is 5.43. The third-order valence-electron chi connectivity index (χ3n) is 3.30. The molecule has 19 heavy (non-hydrogen) atoms. The lowest BCUT2D eigenvalue weighted by molar-refractivity contribution is -0.120. The number of benzene rings is 1. The molecule has 0 heterocycles. The van der Waals surface area contributed by atoms with Crippen LogP contribution < -0.4 is 10.6 Å². The van der Waals surface area contributed by atoms with Crippen LogP contribution in [0.5, 0.6) is 0 Å². The van der Waals surface area contributed by atoms with Crippen LogP contribution in [0, 0.1) is 11.7 Å². The van der Waals surface area contributed by atoms with E-state index in [-0.39, 0.29) is 23.5 Å². The molecule has 0 aromatic heterocycles. The minimum Gasteiger partial charge on any atom is -0.355 e. The Morgan fingerprint density at radius 2 is 2.26 bits per heavy atom. The van der Waals surface area contributed by atoms with E-state index in [2.05, 4.69) is 10.6 Å². The van der Waals surface area contributed by atoms with E-state index in [0.717, 1.165) is 12.1 Å². The average Bonchev–Trinajstić information content (AvgIpc) is 3.20. The van der Waals surface area contributed by atoms with Gasteiger partial charge >= 0.3 is 0 Å². The molecule has 3 nitrogen and oxygen atoms in total. The lowest BCUT2D eigenvalue weighted by atomic mass is 10.1. The summed E-state index contributed by atoms with van der Waals surface area (Å²) in [6.07, 6.45) is 2.44. The summed E-state index contributed by atoms with van der Waals surface area (Å²) in [5, 5.41) is 6.08. The van der Waals surface area contributed by atoms with Crippen molar-refractivity contribution in [2.45, 2.75) is 25.8 Å². The van der Waals surface area contributed by atoms with Crippen molar-refractivity contribution in [3.8, 4) is 0 Å². The predicted molar refractivity (Wildman–Crippen MR) is 73.6 cm³/mol. The van der Waals surface area contributed by atoms with Gasteiger partial charge in [-0.15, -0.1) is 0 Å². The van der Waals surface area contributed by atoms with E-state index in [9.17, 15) is 9.18 Å². The van der Waals surface area contributed by atoms with Crippen LogP contribution in [0.2, 0.25) is 5.02 Å². The van der Waals surface area contributed by atoms with E-state index in [0.29, 0.717) is 5.92 Å². The number of hydrogen-bond donors (Lipinski definition) is 2. The molecule has 0 saturated heterocycles. The first-order valence-electron chi connectivity index (χ1n) is 6.51. The van der Waals surface area contributed by atoms with Gasteiger partial charge in [0.15, 0.2) is 0 Å². The molecule has 0 bridgehead atoms. The molecule has 1 aromatic carbocycles. The fourth-order valence-corrected chi connectivity index (χ4v) is 1.98. The largest absolute Gasteiger partial charge is 0.355 e. The van der Waals surface area contributed by atoms with E-state index in [4.69, 9.17) is 11.6 Å². The second kappa shape index (κ2) is 6.35. The molecule has 1 aliphatic rings. The van der Waals surface area contributed by atoms with Gasteiger partial charge in [0, 0.05) is 12.6 Å². The maximum atomic E-state index is 13.0. The highest BCUT2D eigenvalue weighted by Gasteiger charge is 2.21. The van der Waals surface area contributed by atoms with Gasteiger partial charge in [-0.2, -0.15) is 0 Å². The smallest absolute Gasteiger partial charge is 0.233 e. The van der Waals surface area contributed by atoms with E-state index < -0.39 is 5.82 Å². The van der Waals surface area contributed by atoms with Gasteiger partial charge in [0.05, 0.1) is 11.6 Å². The Labute approximate surface area is 117 Å². The molecule has 2 rings (SSSR count). The second-order valence-electron chi connectivity index (χ2n) is 5.02. The van der Waals surface area contributed by atoms with Crippen LogP contribution in [0.25, 0.3) is 0 Å². The summed E-state index contributed by atoms with van der Waals surface area (Å²) < 4.78 is 13.0. The van der Waals surface area contributed by atoms with Crippen molar-refractivity contribution in [1.82, 2.24) is 10.6 Å². The minimum absolute atomic E-state index is 0.00745. The molecule has 1 aromatic rings. The SMILES string of the molecule is C[C@@H](NCC(=O)NCC1CC1)c1ccc(F)c(Cl)c1. The van der Waals surface area contributed by atoms with Crippen LogP contribution in [0.3, 0.4) is 0 Å². The summed E-state index contributed by atoms with van der Waals surface area (Å²) in [6.45, 7) is 2.94. The molecule has 0 radical (unpaired) electrons. The van der Waals surface area contributed by atoms with E-state index >= 15 is 0 Å². The predicted octanol–water partition coefficient (Wildman–Crippen LogP) is 2.66. The van der Waals surface area contributed by atoms with Crippen LogP contribution in [0.1, 0.15) is 31.4 Å². The van der Waals surface area contributed by atoms with Crippen LogP contribution in [-0.4, -0.2) is 19.0 Å². The summed E-state index contributed by atoms with van der Waals surface area (Å²) in [6, 6.07) is 4.53. The fourth-order valence-electron chi connectivity index (χ4n) is 1.79. The molecule has 1 amide bonds. The molecule has 1 saturated carbocycles. The van der Waals surface area contributed by atoms with Gasteiger partial charge in [0.1, 0.15) is 5.82 Å². The molecule has 2 N–H and O–H groups in total. The van der Waals surface area contributed by atoms with Gasteiger partial charge in [0.2, 0.25) is 5.91 Å². The van der Waals surface area contributed by atoms with Crippen LogP contribution in [0.4, 0.5) is 4.39 Å². The molecule has 0 unspecified atom stereocenters. The Balaban J connectivity index is 1.77. The molecule has 5 heteroatoms. The topological polar surface area (TPSA) is 41.1 Å². The molecule has 0 spiro atoms. The van der Waals surface area contributed by atoms with Crippen molar-refractivity contribution in [1.29, 1.82) is 0 Å². The van der Waals surface area contributed by atoms with E-state index in [1.807, 2.05) is 6.92 Å². The Hall–Kier alpha value is -1.13. The number of amides is 1. The monoisotopic (exact) mass is 284 g/mol. The van der Waals surface area contributed by atoms with Gasteiger partial charge in [-0.05, 0) is 43.4 Å². The lowest BCUT2D eigenvalue weighted by Gasteiger charge is -2.14. The average molecular weight is 285 g/mol. The minimum atomic E-state index is -0.431. The first-order valence-corrected chi connectivity index (χ1v) is 6.89. The third-order valence-corrected chi connectivity index (χ3v) is 3.59. The van der Waals surface area contributed by atoms with E-state index in [1.54, 1.807) is 12.1 Å². The zero-order chi connectivity index (χ0) is 13.8. The van der Waals surface area contributed by atoms with Gasteiger partial charge in [-0.1, -0.05) is 17.7 Å². The fraction of sp³-hybridized carbons (Fsp3) is 0.500. The Morgan fingerprint density at radius 3 is 2.89 bits per heavy atom. The number of hydrogen-bond acceptors (Lipinski definition) is 2. The normalized spacial score (nSPS) is 16.2. The molecular weight excluding hydrogens is 267 g/mol. The molecule has 104 valence electrons. The van der Waals surface area contributed by atoms with Gasteiger partial charge in [0.25, 0.3) is 0 Å². The molecule has 0 aliphatic heterocycles. The zero-order valence-electron chi connectivity index (χ0n) is 10.9. The molecule has 1 fully saturated rings. The van der Waals surface area contributed by atoms with Gasteiger partial charge < -0.3 is 10.6 Å². The van der Waals surface area contributed by atoms with Gasteiger partial charge in [-0.3, -0.25) is 4.79 Å². The highest BCUT2D eigenvalue weighted by molar-refractivity contribution is 6.30. The van der Waals surface area contributed by atoms with Crippen LogP contribution in [0.15, 0.2) is 18.2 Å². The van der Waals surface area contributed by atoms with E-state index in [1.165, 1.54) is 18.9 Å². The number of carbonyl (C=O) groups excluding carboxylic acids is 1. The first-order chi connectivity index (χ1) is 9.06. The van der Waals surface area contributed by atoms with Crippen molar-refractivity contribution < 1.29 is 9.18 Å². The number of halogens is 2. The lowest BCUT2D eigenvalue weighted by Crippen LogP contribution is -2.36. The van der Waals surface area contributed by atoms with Crippen LogP contribution in [-0.2, 0) is 4.79 Å². The van der Waals surface area contributed by atoms with Gasteiger partial charge in [-0.25, -0.2) is 4.39 Å². The number of rotatable bonds is 6. The Morgan fingerprint density at radius 1 is 1.53 bits per heavy atom. The summed E-state index contributed by atoms with van der Waals surface area (Å²) in [5.74, 6) is 0.240. The van der Waals surface area contributed by atoms with Crippen molar-refractivity contribution in [3.63, 3.8) is 0 Å². The highest BCUT2D eigenvalue weighted by atomic mass is 35.5. The highest BCUT2D eigenvalue weighted by Crippen LogP contribution is 2.27. The van der Waals surface area contributed by atoms with Crippen molar-refractivity contribution in [2.75, 3.05) is 13.1 Å². The summed E-state index contributed by atoms with van der Waals surface area (Å²) in [4.78, 5) is 11.6.